The van der Waals surface area contributed by atoms with Gasteiger partial charge in [-0.05, 0) is 25.7 Å². The first kappa shape index (κ1) is 13.4. The van der Waals surface area contributed by atoms with Gasteiger partial charge in [0.05, 0.1) is 0 Å². The summed E-state index contributed by atoms with van der Waals surface area (Å²) in [6, 6.07) is 0. The number of allylic oxidation sites excluding steroid dienone is 2. The summed E-state index contributed by atoms with van der Waals surface area (Å²) in [6.07, 6.45) is 10.0. The second-order valence-electron chi connectivity index (χ2n) is 1.84. The second kappa shape index (κ2) is 16.4. The van der Waals surface area contributed by atoms with Crippen LogP contribution in [0.2, 0.25) is 0 Å². The third-order valence-corrected chi connectivity index (χ3v) is 1.16. The van der Waals surface area contributed by atoms with Gasteiger partial charge in [0.25, 0.3) is 0 Å². The van der Waals surface area contributed by atoms with Crippen molar-refractivity contribution in [3.63, 3.8) is 0 Å². The van der Waals surface area contributed by atoms with Gasteiger partial charge >= 0.3 is 25.7 Å². The zero-order valence-electron chi connectivity index (χ0n) is 6.58. The van der Waals surface area contributed by atoms with E-state index in [1.54, 1.807) is 0 Å². The van der Waals surface area contributed by atoms with Gasteiger partial charge in [-0.15, -0.1) is 0 Å². The fourth-order valence-electron chi connectivity index (χ4n) is 0.760. The molecule has 0 atom stereocenters. The van der Waals surface area contributed by atoms with Crippen molar-refractivity contribution in [1.82, 2.24) is 0 Å². The Hall–Kier alpha value is -0.206. The number of hydrogen-bond acceptors (Lipinski definition) is 2. The number of hydrogen-bond donors (Lipinski definition) is 0. The molecule has 62 valence electrons. The van der Waals surface area contributed by atoms with Crippen molar-refractivity contribution in [3.8, 4) is 0 Å². The molecule has 1 aliphatic rings. The molecule has 0 aromatic rings. The fraction of sp³-hybridized carbons (Fsp3) is 0.500. The summed E-state index contributed by atoms with van der Waals surface area (Å²) in [5.74, 6) is 0. The van der Waals surface area contributed by atoms with Gasteiger partial charge in [-0.2, -0.15) is 0 Å². The summed E-state index contributed by atoms with van der Waals surface area (Å²) in [5, 5.41) is 0. The predicted molar refractivity (Wildman–Crippen MR) is 38.9 cm³/mol. The van der Waals surface area contributed by atoms with Crippen molar-refractivity contribution in [2.75, 3.05) is 0 Å². The molecule has 0 spiro atoms. The first-order chi connectivity index (χ1) is 5.41. The number of rotatable bonds is 0. The van der Waals surface area contributed by atoms with Crippen LogP contribution in [-0.4, -0.2) is 0 Å². The Morgan fingerprint density at radius 3 is 1.45 bits per heavy atom. The van der Waals surface area contributed by atoms with E-state index in [1.807, 2.05) is 0 Å². The van der Waals surface area contributed by atoms with Crippen molar-refractivity contribution in [1.29, 1.82) is 0 Å². The third-order valence-electron chi connectivity index (χ3n) is 1.16. The zero-order valence-corrected chi connectivity index (χ0v) is 8.15. The molecule has 0 fully saturated rings. The van der Waals surface area contributed by atoms with Crippen LogP contribution in [0.4, 0.5) is 0 Å². The van der Waals surface area contributed by atoms with Crippen molar-refractivity contribution < 1.29 is 25.7 Å². The predicted octanol–water partition coefficient (Wildman–Crippen LogP) is 2.48. The van der Waals surface area contributed by atoms with Crippen LogP contribution in [0.3, 0.4) is 0 Å². The van der Waals surface area contributed by atoms with E-state index in [1.165, 1.54) is 25.7 Å². The molecule has 0 saturated carbocycles. The maximum absolute atomic E-state index is 8.50. The normalized spacial score (nSPS) is 12.7. The molecule has 0 heterocycles. The summed E-state index contributed by atoms with van der Waals surface area (Å²) >= 11 is -2.00. The van der Waals surface area contributed by atoms with Gasteiger partial charge in [0, 0.05) is 0 Å². The van der Waals surface area contributed by atoms with Gasteiger partial charge in [-0.1, -0.05) is 12.2 Å². The van der Waals surface area contributed by atoms with Gasteiger partial charge in [-0.3, -0.25) is 6.58 Å². The zero-order chi connectivity index (χ0) is 8.95. The van der Waals surface area contributed by atoms with E-state index in [4.69, 9.17) is 6.65 Å². The van der Waals surface area contributed by atoms with Gasteiger partial charge in [0.2, 0.25) is 0 Å². The Bertz CT molecular complexity index is 118. The van der Waals surface area contributed by atoms with E-state index < -0.39 is 19.1 Å². The van der Waals surface area contributed by atoms with Gasteiger partial charge in [0.15, 0.2) is 0 Å². The molecule has 0 bridgehead atoms. The molecule has 0 radical (unpaired) electrons. The van der Waals surface area contributed by atoms with E-state index >= 15 is 0 Å². The average Bonchev–Trinajstić information content (AvgIpc) is 2.12. The van der Waals surface area contributed by atoms with Crippen LogP contribution in [0.25, 0.3) is 0 Å². The van der Waals surface area contributed by atoms with Crippen LogP contribution >= 0.6 is 0 Å². The molecule has 0 aliphatic heterocycles. The Morgan fingerprint density at radius 1 is 1.09 bits per heavy atom. The van der Waals surface area contributed by atoms with E-state index in [0.29, 0.717) is 0 Å². The Labute approximate surface area is 77.0 Å². The van der Waals surface area contributed by atoms with Gasteiger partial charge in [-0.25, -0.2) is 0 Å². The van der Waals surface area contributed by atoms with Crippen LogP contribution in [0.1, 0.15) is 25.7 Å². The molecule has 0 unspecified atom stereocenters. The molecular formula is C8H13O2Ti-. The van der Waals surface area contributed by atoms with E-state index in [-0.39, 0.29) is 0 Å². The molecular weight excluding hydrogens is 176 g/mol. The molecule has 0 aromatic carbocycles. The van der Waals surface area contributed by atoms with Gasteiger partial charge in [0.1, 0.15) is 0 Å². The Morgan fingerprint density at radius 2 is 1.36 bits per heavy atom. The summed E-state index contributed by atoms with van der Waals surface area (Å²) in [5.41, 5.74) is 0. The van der Waals surface area contributed by atoms with Crippen LogP contribution in [-0.2, 0) is 25.7 Å². The SMILES string of the molecule is C1=CCCCC1.[CH-]=C.[O]=[Ti]=[O]. The third kappa shape index (κ3) is 17.7. The van der Waals surface area contributed by atoms with E-state index in [9.17, 15) is 0 Å². The molecule has 1 aliphatic carbocycles. The van der Waals surface area contributed by atoms with Crippen molar-refractivity contribution in [2.45, 2.75) is 25.7 Å². The summed E-state index contributed by atoms with van der Waals surface area (Å²) < 4.78 is 17.0. The Balaban J connectivity index is 0. The van der Waals surface area contributed by atoms with Crippen molar-refractivity contribution >= 4 is 0 Å². The molecule has 0 saturated heterocycles. The van der Waals surface area contributed by atoms with E-state index in [2.05, 4.69) is 25.3 Å². The molecule has 3 heteroatoms. The van der Waals surface area contributed by atoms with Crippen molar-refractivity contribution in [3.05, 3.63) is 25.3 Å². The maximum atomic E-state index is 8.50. The molecule has 1 rings (SSSR count). The second-order valence-corrected chi connectivity index (χ2v) is 2.10. The topological polar surface area (TPSA) is 34.1 Å². The molecule has 11 heavy (non-hydrogen) atoms. The summed E-state index contributed by atoms with van der Waals surface area (Å²) in [7, 11) is 0. The minimum atomic E-state index is -2.00. The van der Waals surface area contributed by atoms with Crippen LogP contribution in [0.5, 0.6) is 0 Å². The fourth-order valence-corrected chi connectivity index (χ4v) is 0.760. The van der Waals surface area contributed by atoms with Crippen LogP contribution in [0.15, 0.2) is 18.7 Å². The monoisotopic (exact) mass is 189 g/mol. The van der Waals surface area contributed by atoms with Crippen molar-refractivity contribution in [2.24, 2.45) is 0 Å². The quantitative estimate of drug-likeness (QED) is 0.333. The van der Waals surface area contributed by atoms with E-state index in [0.717, 1.165) is 0 Å². The molecule has 0 amide bonds. The first-order valence-corrected chi connectivity index (χ1v) is 4.74. The standard InChI is InChI=1S/C6H10.C2H3.2O.Ti/c1-2-4-6-5-3-1;1-2;;;/h1-2H,3-6H2;1H,2H2;;;/q;-1;;;. The average molecular weight is 189 g/mol. The van der Waals surface area contributed by atoms with Crippen LogP contribution < -0.4 is 0 Å². The Kier molecular flexibility index (Phi) is 20.0. The summed E-state index contributed by atoms with van der Waals surface area (Å²) in [6.45, 7) is 7.00. The van der Waals surface area contributed by atoms with Gasteiger partial charge < -0.3 is 6.58 Å². The molecule has 0 N–H and O–H groups in total. The molecule has 2 nitrogen and oxygen atoms in total. The molecule has 0 aromatic heterocycles. The first-order valence-electron chi connectivity index (χ1n) is 3.47. The minimum absolute atomic E-state index is 1.32. The van der Waals surface area contributed by atoms with Crippen LogP contribution in [0, 0.1) is 6.58 Å². The summed E-state index contributed by atoms with van der Waals surface area (Å²) in [4.78, 5) is 0.